The Morgan fingerprint density at radius 3 is 1.60 bits per heavy atom. The van der Waals surface area contributed by atoms with Gasteiger partial charge in [-0.25, -0.2) is 12.1 Å². The molecule has 0 saturated carbocycles. The number of hydrogen-bond donors (Lipinski definition) is 0. The molecule has 0 N–H and O–H groups in total. The zero-order valence-corrected chi connectivity index (χ0v) is 15.3. The third-order valence-corrected chi connectivity index (χ3v) is 3.97. The van der Waals surface area contributed by atoms with E-state index < -0.39 is 0 Å². The summed E-state index contributed by atoms with van der Waals surface area (Å²) in [6.07, 6.45) is 2.10. The molecule has 0 aromatic heterocycles. The van der Waals surface area contributed by atoms with E-state index >= 15 is 0 Å². The Bertz CT molecular complexity index is 710. The molecule has 132 valence electrons. The van der Waals surface area contributed by atoms with Crippen LogP contribution in [-0.2, 0) is 29.9 Å². The Kier molecular flexibility index (Phi) is 7.98. The van der Waals surface area contributed by atoms with E-state index in [1.54, 1.807) is 0 Å². The van der Waals surface area contributed by atoms with Gasteiger partial charge in [0.25, 0.3) is 0 Å². The van der Waals surface area contributed by atoms with E-state index in [4.69, 9.17) is 0 Å². The molecule has 1 heteroatoms. The average molecular weight is 366 g/mol. The van der Waals surface area contributed by atoms with E-state index in [-0.39, 0.29) is 17.1 Å². The molecule has 4 rings (SSSR count). The fourth-order valence-electron chi connectivity index (χ4n) is 2.73. The predicted octanol–water partition coefficient (Wildman–Crippen LogP) is 5.99. The molecule has 0 fully saturated rings. The molecule has 25 heavy (non-hydrogen) atoms. The summed E-state index contributed by atoms with van der Waals surface area (Å²) in [6.45, 7) is 0. The van der Waals surface area contributed by atoms with Gasteiger partial charge in [-0.1, -0.05) is 71.8 Å². The summed E-state index contributed by atoms with van der Waals surface area (Å²) in [5.41, 5.74) is 5.54. The molecule has 0 nitrogen and oxygen atoms in total. The Morgan fingerprint density at radius 2 is 1.08 bits per heavy atom. The van der Waals surface area contributed by atoms with Crippen LogP contribution in [0.5, 0.6) is 0 Å². The summed E-state index contributed by atoms with van der Waals surface area (Å²) >= 11 is 0. The van der Waals surface area contributed by atoms with Crippen LogP contribution in [0.4, 0.5) is 0 Å². The SMILES string of the molecule is [Fe].c1ccc(C[c-]2[cH-][cH-][cH-][cH-]2)cc1.c1ccc(C[c-]2cccc2)cc1. The first-order chi connectivity index (χ1) is 11.9. The van der Waals surface area contributed by atoms with Gasteiger partial charge in [0.1, 0.15) is 0 Å². The summed E-state index contributed by atoms with van der Waals surface area (Å²) in [4.78, 5) is 0. The maximum atomic E-state index is 2.16. The molecule has 0 unspecified atom stereocenters. The van der Waals surface area contributed by atoms with Crippen LogP contribution in [0.1, 0.15) is 22.3 Å². The molecular weight excluding hydrogens is 344 g/mol. The first kappa shape index (κ1) is 19.0. The van der Waals surface area contributed by atoms with Crippen molar-refractivity contribution in [2.45, 2.75) is 12.8 Å². The van der Waals surface area contributed by atoms with Crippen molar-refractivity contribution in [2.24, 2.45) is 0 Å². The minimum Gasteiger partial charge on any atom is -0.748 e. The van der Waals surface area contributed by atoms with Gasteiger partial charge in [-0.3, -0.25) is 0 Å². The molecule has 4 aromatic carbocycles. The van der Waals surface area contributed by atoms with Crippen molar-refractivity contribution in [1.82, 2.24) is 0 Å². The maximum absolute atomic E-state index is 2.16. The van der Waals surface area contributed by atoms with Crippen LogP contribution in [0.15, 0.2) is 109 Å². The fourth-order valence-corrected chi connectivity index (χ4v) is 2.73. The Labute approximate surface area is 161 Å². The average Bonchev–Trinajstić information content (AvgIpc) is 3.32. The molecule has 0 aliphatic carbocycles. The summed E-state index contributed by atoms with van der Waals surface area (Å²) in [5, 5.41) is 0. The third kappa shape index (κ3) is 6.58. The molecule has 0 heterocycles. The Morgan fingerprint density at radius 1 is 0.600 bits per heavy atom. The van der Waals surface area contributed by atoms with Gasteiger partial charge >= 0.3 is 0 Å². The largest absolute Gasteiger partial charge is 0.748 e. The molecule has 0 radical (unpaired) electrons. The summed E-state index contributed by atoms with van der Waals surface area (Å²) < 4.78 is 0. The molecular formula is C24H22Fe-6. The van der Waals surface area contributed by atoms with Gasteiger partial charge in [0.05, 0.1) is 0 Å². The van der Waals surface area contributed by atoms with Crippen molar-refractivity contribution < 1.29 is 17.1 Å². The van der Waals surface area contributed by atoms with E-state index in [2.05, 4.69) is 109 Å². The maximum Gasteiger partial charge on any atom is 0 e. The Balaban J connectivity index is 0.000000173. The first-order valence-corrected chi connectivity index (χ1v) is 8.39. The van der Waals surface area contributed by atoms with Crippen molar-refractivity contribution in [1.29, 1.82) is 0 Å². The van der Waals surface area contributed by atoms with Crippen molar-refractivity contribution in [2.75, 3.05) is 0 Å². The van der Waals surface area contributed by atoms with Gasteiger partial charge in [-0.2, -0.15) is 24.1 Å². The van der Waals surface area contributed by atoms with Crippen molar-refractivity contribution >= 4 is 0 Å². The van der Waals surface area contributed by atoms with Crippen LogP contribution in [0.2, 0.25) is 0 Å². The van der Waals surface area contributed by atoms with E-state index in [0.717, 1.165) is 12.8 Å². The Hall–Kier alpha value is -2.34. The number of hydrogen-bond acceptors (Lipinski definition) is 0. The molecule has 0 spiro atoms. The summed E-state index contributed by atoms with van der Waals surface area (Å²) in [7, 11) is 0. The molecule has 0 saturated heterocycles. The molecule has 4 aromatic rings. The molecule has 0 aliphatic rings. The second kappa shape index (κ2) is 10.5. The van der Waals surface area contributed by atoms with Gasteiger partial charge in [0.15, 0.2) is 0 Å². The first-order valence-electron chi connectivity index (χ1n) is 8.39. The second-order valence-corrected chi connectivity index (χ2v) is 5.91. The van der Waals surface area contributed by atoms with E-state index in [1.165, 1.54) is 22.3 Å². The zero-order valence-electron chi connectivity index (χ0n) is 14.2. The quantitative estimate of drug-likeness (QED) is 0.307. The van der Waals surface area contributed by atoms with Crippen molar-refractivity contribution in [3.8, 4) is 0 Å². The smallest absolute Gasteiger partial charge is 0 e. The molecule has 0 bridgehead atoms. The van der Waals surface area contributed by atoms with E-state index in [0.29, 0.717) is 0 Å². The topological polar surface area (TPSA) is 0 Å². The van der Waals surface area contributed by atoms with Gasteiger partial charge < -0.3 is 29.8 Å². The number of rotatable bonds is 4. The van der Waals surface area contributed by atoms with Crippen LogP contribution in [0.25, 0.3) is 0 Å². The van der Waals surface area contributed by atoms with Crippen molar-refractivity contribution in [3.05, 3.63) is 131 Å². The monoisotopic (exact) mass is 366 g/mol. The van der Waals surface area contributed by atoms with Gasteiger partial charge in [-0.05, 0) is 6.42 Å². The molecule has 0 atom stereocenters. The van der Waals surface area contributed by atoms with Gasteiger partial charge in [-0.15, -0.1) is 0 Å². The molecule has 0 aliphatic heterocycles. The normalized spacial score (nSPS) is 9.60. The fraction of sp³-hybridized carbons (Fsp3) is 0.0833. The van der Waals surface area contributed by atoms with Gasteiger partial charge in [0, 0.05) is 17.1 Å². The van der Waals surface area contributed by atoms with Crippen LogP contribution < -0.4 is 0 Å². The van der Waals surface area contributed by atoms with Crippen LogP contribution in [-0.4, -0.2) is 0 Å². The zero-order chi connectivity index (χ0) is 16.5. The standard InChI is InChI=1S/2C12H11.Fe/c2*1-2-6-11(7-3-1)10-12-8-4-5-9-12;/h2*1-9H,10H2;/q-5;-1;. The van der Waals surface area contributed by atoms with E-state index in [9.17, 15) is 0 Å². The van der Waals surface area contributed by atoms with Crippen LogP contribution in [0, 0.1) is 0 Å². The van der Waals surface area contributed by atoms with Gasteiger partial charge in [0.2, 0.25) is 0 Å². The van der Waals surface area contributed by atoms with Crippen LogP contribution in [0.3, 0.4) is 0 Å². The summed E-state index contributed by atoms with van der Waals surface area (Å²) in [5.74, 6) is 0. The molecule has 0 amide bonds. The summed E-state index contributed by atoms with van der Waals surface area (Å²) in [6, 6.07) is 38.0. The number of benzene rings is 2. The minimum atomic E-state index is 0. The van der Waals surface area contributed by atoms with Crippen molar-refractivity contribution in [3.63, 3.8) is 0 Å². The minimum absolute atomic E-state index is 0. The third-order valence-electron chi connectivity index (χ3n) is 3.97. The van der Waals surface area contributed by atoms with Crippen LogP contribution >= 0.6 is 0 Å². The second-order valence-electron chi connectivity index (χ2n) is 5.91. The predicted molar refractivity (Wildman–Crippen MR) is 103 cm³/mol. The van der Waals surface area contributed by atoms with E-state index in [1.807, 2.05) is 0 Å².